The molecule has 3 heterocycles. The summed E-state index contributed by atoms with van der Waals surface area (Å²) < 4.78 is 0. The van der Waals surface area contributed by atoms with Crippen molar-refractivity contribution >= 4 is 5.57 Å². The van der Waals surface area contributed by atoms with Gasteiger partial charge in [0.25, 0.3) is 0 Å². The molecule has 7 aromatic rings. The molecule has 240 valence electrons. The molecule has 1 aliphatic carbocycles. The Balaban J connectivity index is 1.21. The number of aryl methyl sites for hydroxylation is 2. The largest absolute Gasteiger partial charge is 0.258 e. The first-order valence-electron chi connectivity index (χ1n) is 16.9. The molecule has 0 radical (unpaired) electrons. The van der Waals surface area contributed by atoms with Gasteiger partial charge in [-0.05, 0) is 73.7 Å². The molecule has 0 bridgehead atoms. The smallest absolute Gasteiger partial charge is 0.165 e. The van der Waals surface area contributed by atoms with Crippen LogP contribution in [-0.4, -0.2) is 29.9 Å². The van der Waals surface area contributed by atoms with E-state index in [-0.39, 0.29) is 0 Å². The molecule has 0 saturated heterocycles. The number of hydrogen-bond donors (Lipinski definition) is 0. The van der Waals surface area contributed by atoms with E-state index in [0.29, 0.717) is 17.5 Å². The summed E-state index contributed by atoms with van der Waals surface area (Å²) >= 11 is 0. The molecular weight excluding hydrogens is 613 g/mol. The molecule has 0 unspecified atom stereocenters. The Kier molecular flexibility index (Phi) is 8.41. The SMILES string of the molecule is Cc1ccc(-c2nc(-c3ccccc3)nc(-c3cccc(-c4cccc(-c5cc(C6=CC=CCC6)nc(-c6ccccc6)n5)c4)c3)n2)c(C)n1. The Morgan fingerprint density at radius 3 is 1.66 bits per heavy atom. The Labute approximate surface area is 292 Å². The monoisotopic (exact) mass is 646 g/mol. The van der Waals surface area contributed by atoms with Crippen LogP contribution in [0.2, 0.25) is 0 Å². The number of aromatic nitrogens is 6. The quantitative estimate of drug-likeness (QED) is 0.171. The molecule has 3 aromatic heterocycles. The summed E-state index contributed by atoms with van der Waals surface area (Å²) in [6.07, 6.45) is 8.45. The highest BCUT2D eigenvalue weighted by atomic mass is 15.0. The van der Waals surface area contributed by atoms with Crippen molar-refractivity contribution in [3.63, 3.8) is 0 Å². The van der Waals surface area contributed by atoms with Gasteiger partial charge >= 0.3 is 0 Å². The van der Waals surface area contributed by atoms with Gasteiger partial charge in [-0.2, -0.15) is 0 Å². The van der Waals surface area contributed by atoms with Gasteiger partial charge in [0.1, 0.15) is 0 Å². The first kappa shape index (κ1) is 30.9. The van der Waals surface area contributed by atoms with Crippen molar-refractivity contribution in [2.45, 2.75) is 26.7 Å². The summed E-state index contributed by atoms with van der Waals surface area (Å²) in [4.78, 5) is 29.6. The molecule has 50 heavy (non-hydrogen) atoms. The zero-order chi connectivity index (χ0) is 33.9. The molecule has 6 heteroatoms. The number of hydrogen-bond acceptors (Lipinski definition) is 6. The van der Waals surface area contributed by atoms with Gasteiger partial charge in [-0.3, -0.25) is 4.98 Å². The lowest BCUT2D eigenvalue weighted by Gasteiger charge is -2.13. The molecule has 0 saturated carbocycles. The van der Waals surface area contributed by atoms with Crippen LogP contribution in [0.3, 0.4) is 0 Å². The molecule has 0 aliphatic heterocycles. The summed E-state index contributed by atoms with van der Waals surface area (Å²) in [7, 11) is 0. The van der Waals surface area contributed by atoms with Crippen molar-refractivity contribution in [3.8, 4) is 67.9 Å². The fraction of sp³-hybridized carbons (Fsp3) is 0.0909. The van der Waals surface area contributed by atoms with Gasteiger partial charge < -0.3 is 0 Å². The van der Waals surface area contributed by atoms with Crippen LogP contribution < -0.4 is 0 Å². The molecule has 1 aliphatic rings. The van der Waals surface area contributed by atoms with Crippen LogP contribution in [0.25, 0.3) is 73.5 Å². The third kappa shape index (κ3) is 6.51. The van der Waals surface area contributed by atoms with E-state index >= 15 is 0 Å². The Morgan fingerprint density at radius 1 is 0.440 bits per heavy atom. The summed E-state index contributed by atoms with van der Waals surface area (Å²) in [5.74, 6) is 2.55. The molecule has 0 spiro atoms. The number of pyridine rings is 1. The van der Waals surface area contributed by atoms with Crippen LogP contribution in [0.4, 0.5) is 0 Å². The van der Waals surface area contributed by atoms with Gasteiger partial charge in [0.15, 0.2) is 23.3 Å². The minimum Gasteiger partial charge on any atom is -0.258 e. The van der Waals surface area contributed by atoms with Crippen LogP contribution in [-0.2, 0) is 0 Å². The van der Waals surface area contributed by atoms with Gasteiger partial charge in [-0.25, -0.2) is 24.9 Å². The second kappa shape index (κ2) is 13.6. The normalized spacial score (nSPS) is 12.5. The van der Waals surface area contributed by atoms with E-state index in [1.807, 2.05) is 74.5 Å². The first-order valence-corrected chi connectivity index (χ1v) is 16.9. The molecule has 4 aromatic carbocycles. The Morgan fingerprint density at radius 2 is 1.00 bits per heavy atom. The van der Waals surface area contributed by atoms with Crippen LogP contribution in [0.5, 0.6) is 0 Å². The zero-order valence-corrected chi connectivity index (χ0v) is 28.0. The second-order valence-corrected chi connectivity index (χ2v) is 12.4. The van der Waals surface area contributed by atoms with E-state index in [0.717, 1.165) is 80.4 Å². The van der Waals surface area contributed by atoms with Gasteiger partial charge in [0.05, 0.1) is 11.4 Å². The molecular formula is C44H34N6. The van der Waals surface area contributed by atoms with Crippen molar-refractivity contribution in [1.82, 2.24) is 29.9 Å². The van der Waals surface area contributed by atoms with E-state index < -0.39 is 0 Å². The van der Waals surface area contributed by atoms with Crippen molar-refractivity contribution in [2.75, 3.05) is 0 Å². The molecule has 0 amide bonds. The van der Waals surface area contributed by atoms with Crippen molar-refractivity contribution in [3.05, 3.63) is 163 Å². The standard InChI is InChI=1S/C44H34N6/c1-29-24-25-38(30(2)45-29)44-49-42(33-18-10-5-11-19-33)48-43(50-44)37-23-13-21-35(27-37)34-20-12-22-36(26-34)40-28-39(31-14-6-3-7-15-31)46-41(47-40)32-16-8-4-9-17-32/h3-6,8-14,16-28H,7,15H2,1-2H3. The molecule has 6 nitrogen and oxygen atoms in total. The van der Waals surface area contributed by atoms with Gasteiger partial charge in [0, 0.05) is 39.2 Å². The lowest BCUT2D eigenvalue weighted by atomic mass is 9.97. The lowest BCUT2D eigenvalue weighted by Crippen LogP contribution is -2.02. The Bertz CT molecular complexity index is 2400. The zero-order valence-electron chi connectivity index (χ0n) is 28.0. The van der Waals surface area contributed by atoms with E-state index in [9.17, 15) is 0 Å². The molecule has 8 rings (SSSR count). The topological polar surface area (TPSA) is 77.3 Å². The molecule has 0 atom stereocenters. The molecule has 0 fully saturated rings. The Hall–Kier alpha value is -6.40. The highest BCUT2D eigenvalue weighted by Crippen LogP contribution is 2.33. The summed E-state index contributed by atoms with van der Waals surface area (Å²) in [5, 5.41) is 0. The van der Waals surface area contributed by atoms with E-state index in [1.54, 1.807) is 0 Å². The van der Waals surface area contributed by atoms with Crippen molar-refractivity contribution in [1.29, 1.82) is 0 Å². The third-order valence-electron chi connectivity index (χ3n) is 8.85. The lowest BCUT2D eigenvalue weighted by molar-refractivity contribution is 1.03. The van der Waals surface area contributed by atoms with Gasteiger partial charge in [-0.15, -0.1) is 0 Å². The summed E-state index contributed by atoms with van der Waals surface area (Å²) in [6, 6.07) is 43.3. The predicted octanol–water partition coefficient (Wildman–Crippen LogP) is 10.4. The highest BCUT2D eigenvalue weighted by Gasteiger charge is 2.16. The van der Waals surface area contributed by atoms with E-state index in [2.05, 4.69) is 89.9 Å². The van der Waals surface area contributed by atoms with E-state index in [4.69, 9.17) is 24.9 Å². The second-order valence-electron chi connectivity index (χ2n) is 12.4. The number of benzene rings is 4. The number of nitrogens with zero attached hydrogens (tertiary/aromatic N) is 6. The fourth-order valence-electron chi connectivity index (χ4n) is 6.25. The highest BCUT2D eigenvalue weighted by molar-refractivity contribution is 5.78. The first-order chi connectivity index (χ1) is 24.6. The van der Waals surface area contributed by atoms with Crippen molar-refractivity contribution < 1.29 is 0 Å². The van der Waals surface area contributed by atoms with Crippen molar-refractivity contribution in [2.24, 2.45) is 0 Å². The maximum atomic E-state index is 5.07. The van der Waals surface area contributed by atoms with E-state index in [1.165, 1.54) is 5.57 Å². The maximum Gasteiger partial charge on any atom is 0.165 e. The van der Waals surface area contributed by atoms with Crippen LogP contribution in [0, 0.1) is 13.8 Å². The van der Waals surface area contributed by atoms with Crippen LogP contribution in [0.15, 0.2) is 146 Å². The van der Waals surface area contributed by atoms with Crippen LogP contribution >= 0.6 is 0 Å². The molecule has 0 N–H and O–H groups in total. The van der Waals surface area contributed by atoms with Gasteiger partial charge in [-0.1, -0.05) is 115 Å². The minimum absolute atomic E-state index is 0.601. The average molecular weight is 647 g/mol. The number of rotatable bonds is 7. The fourth-order valence-corrected chi connectivity index (χ4v) is 6.25. The predicted molar refractivity (Wildman–Crippen MR) is 202 cm³/mol. The number of allylic oxidation sites excluding steroid dienone is 4. The summed E-state index contributed by atoms with van der Waals surface area (Å²) in [5.41, 5.74) is 11.8. The summed E-state index contributed by atoms with van der Waals surface area (Å²) in [6.45, 7) is 3.98. The van der Waals surface area contributed by atoms with Gasteiger partial charge in [0.2, 0.25) is 0 Å². The maximum absolute atomic E-state index is 5.07. The average Bonchev–Trinajstić information content (AvgIpc) is 3.18. The minimum atomic E-state index is 0.601. The van der Waals surface area contributed by atoms with Crippen LogP contribution in [0.1, 0.15) is 29.9 Å². The third-order valence-corrected chi connectivity index (χ3v) is 8.85.